The second-order valence-electron chi connectivity index (χ2n) is 2.65. The van der Waals surface area contributed by atoms with E-state index in [2.05, 4.69) is 14.5 Å². The zero-order chi connectivity index (χ0) is 13.1. The molecule has 94 valence electrons. The Labute approximate surface area is 92.3 Å². The molecule has 9 heteroatoms. The van der Waals surface area contributed by atoms with Gasteiger partial charge >= 0.3 is 12.5 Å². The number of rotatable bonds is 2. The molecule has 1 aromatic rings. The van der Waals surface area contributed by atoms with E-state index in [-0.39, 0.29) is 0 Å². The van der Waals surface area contributed by atoms with Gasteiger partial charge in [-0.05, 0) is 12.1 Å². The lowest BCUT2D eigenvalue weighted by atomic mass is 10.4. The minimum atomic E-state index is -5.05. The molecule has 0 saturated carbocycles. The molecule has 1 heterocycles. The molecule has 0 spiro atoms. The standard InChI is InChI=1S/C8H6F4N2O3/c1-16-7(15)13-4-2-3-5(9)14-6(4)17-8(10,11)12/h2-3H,1H3,(H,13,15). The van der Waals surface area contributed by atoms with Gasteiger partial charge in [-0.3, -0.25) is 5.32 Å². The smallest absolute Gasteiger partial charge is 0.453 e. The highest BCUT2D eigenvalue weighted by molar-refractivity contribution is 5.85. The highest BCUT2D eigenvalue weighted by Gasteiger charge is 2.33. The molecule has 0 aliphatic heterocycles. The van der Waals surface area contributed by atoms with Crippen molar-refractivity contribution in [1.29, 1.82) is 0 Å². The third kappa shape index (κ3) is 4.13. The second-order valence-corrected chi connectivity index (χ2v) is 2.65. The summed E-state index contributed by atoms with van der Waals surface area (Å²) in [5.41, 5.74) is -0.462. The summed E-state index contributed by atoms with van der Waals surface area (Å²) in [4.78, 5) is 13.7. The maximum Gasteiger partial charge on any atom is 0.574 e. The topological polar surface area (TPSA) is 60.5 Å². The third-order valence-electron chi connectivity index (χ3n) is 1.46. The molecule has 0 atom stereocenters. The number of nitrogens with zero attached hydrogens (tertiary/aromatic N) is 1. The van der Waals surface area contributed by atoms with E-state index in [9.17, 15) is 22.4 Å². The number of methoxy groups -OCH3 is 1. The molecular formula is C8H6F4N2O3. The molecular weight excluding hydrogens is 248 g/mol. The van der Waals surface area contributed by atoms with E-state index >= 15 is 0 Å². The van der Waals surface area contributed by atoms with Crippen LogP contribution in [0.5, 0.6) is 5.88 Å². The van der Waals surface area contributed by atoms with Crippen molar-refractivity contribution in [3.63, 3.8) is 0 Å². The first kappa shape index (κ1) is 13.0. The van der Waals surface area contributed by atoms with Crippen molar-refractivity contribution in [3.8, 4) is 5.88 Å². The van der Waals surface area contributed by atoms with E-state index in [4.69, 9.17) is 0 Å². The monoisotopic (exact) mass is 254 g/mol. The Bertz CT molecular complexity index is 422. The highest BCUT2D eigenvalue weighted by Crippen LogP contribution is 2.28. The maximum atomic E-state index is 12.6. The zero-order valence-corrected chi connectivity index (χ0v) is 8.34. The molecule has 0 aliphatic carbocycles. The lowest BCUT2D eigenvalue weighted by Gasteiger charge is -2.12. The van der Waals surface area contributed by atoms with Gasteiger partial charge in [-0.25, -0.2) is 4.79 Å². The molecule has 17 heavy (non-hydrogen) atoms. The van der Waals surface area contributed by atoms with Crippen LogP contribution in [0.3, 0.4) is 0 Å². The summed E-state index contributed by atoms with van der Waals surface area (Å²) in [5.74, 6) is -2.29. The molecule has 0 radical (unpaired) electrons. The molecule has 1 amide bonds. The van der Waals surface area contributed by atoms with Gasteiger partial charge in [0, 0.05) is 0 Å². The average Bonchev–Trinajstić information content (AvgIpc) is 2.19. The summed E-state index contributed by atoms with van der Waals surface area (Å²) in [6.45, 7) is 0. The van der Waals surface area contributed by atoms with Crippen LogP contribution in [0.4, 0.5) is 28.0 Å². The number of carbonyl (C=O) groups is 1. The molecule has 1 rings (SSSR count). The Hall–Kier alpha value is -2.06. The molecule has 0 aliphatic rings. The number of amides is 1. The molecule has 5 nitrogen and oxygen atoms in total. The van der Waals surface area contributed by atoms with Crippen molar-refractivity contribution in [2.24, 2.45) is 0 Å². The van der Waals surface area contributed by atoms with E-state index < -0.39 is 30.0 Å². The van der Waals surface area contributed by atoms with Gasteiger partial charge in [0.2, 0.25) is 11.8 Å². The van der Waals surface area contributed by atoms with Crippen LogP contribution in [-0.4, -0.2) is 24.5 Å². The minimum absolute atomic E-state index is 0.462. The Morgan fingerprint density at radius 3 is 2.59 bits per heavy atom. The number of ether oxygens (including phenoxy) is 2. The highest BCUT2D eigenvalue weighted by atomic mass is 19.4. The Morgan fingerprint density at radius 1 is 1.41 bits per heavy atom. The lowest BCUT2D eigenvalue weighted by Crippen LogP contribution is -2.20. The number of nitrogens with one attached hydrogen (secondary N) is 1. The summed E-state index contributed by atoms with van der Waals surface area (Å²) >= 11 is 0. The summed E-state index contributed by atoms with van der Waals surface area (Å²) in [6, 6.07) is 1.62. The van der Waals surface area contributed by atoms with E-state index in [1.54, 1.807) is 0 Å². The van der Waals surface area contributed by atoms with Crippen LogP contribution >= 0.6 is 0 Å². The van der Waals surface area contributed by atoms with Gasteiger partial charge < -0.3 is 9.47 Å². The van der Waals surface area contributed by atoms with E-state index in [1.807, 2.05) is 5.32 Å². The number of carbonyl (C=O) groups excluding carboxylic acids is 1. The van der Waals surface area contributed by atoms with Crippen LogP contribution in [-0.2, 0) is 4.74 Å². The molecule has 0 aromatic carbocycles. The molecule has 0 saturated heterocycles. The van der Waals surface area contributed by atoms with Crippen molar-refractivity contribution in [3.05, 3.63) is 18.1 Å². The Balaban J connectivity index is 2.99. The Kier molecular flexibility index (Phi) is 3.71. The quantitative estimate of drug-likeness (QED) is 0.649. The van der Waals surface area contributed by atoms with Crippen LogP contribution in [0.15, 0.2) is 12.1 Å². The predicted molar refractivity (Wildman–Crippen MR) is 46.9 cm³/mol. The lowest BCUT2D eigenvalue weighted by molar-refractivity contribution is -0.276. The largest absolute Gasteiger partial charge is 0.574 e. The summed E-state index contributed by atoms with van der Waals surface area (Å²) in [6.07, 6.45) is -6.08. The number of alkyl halides is 3. The summed E-state index contributed by atoms with van der Waals surface area (Å²) in [5, 5.41) is 1.89. The summed E-state index contributed by atoms with van der Waals surface area (Å²) in [7, 11) is 1.01. The third-order valence-corrected chi connectivity index (χ3v) is 1.46. The van der Waals surface area contributed by atoms with Gasteiger partial charge in [0.15, 0.2) is 0 Å². The maximum absolute atomic E-state index is 12.6. The molecule has 0 bridgehead atoms. The van der Waals surface area contributed by atoms with Gasteiger partial charge in [0.05, 0.1) is 7.11 Å². The van der Waals surface area contributed by atoms with Crippen LogP contribution in [0.2, 0.25) is 0 Å². The van der Waals surface area contributed by atoms with Gasteiger partial charge in [-0.1, -0.05) is 0 Å². The molecule has 1 N–H and O–H groups in total. The first-order chi connectivity index (χ1) is 7.81. The number of hydrogen-bond acceptors (Lipinski definition) is 4. The normalized spacial score (nSPS) is 10.9. The number of halogens is 4. The van der Waals surface area contributed by atoms with Crippen molar-refractivity contribution >= 4 is 11.8 Å². The molecule has 0 unspecified atom stereocenters. The first-order valence-electron chi connectivity index (χ1n) is 4.09. The zero-order valence-electron chi connectivity index (χ0n) is 8.34. The number of hydrogen-bond donors (Lipinski definition) is 1. The second kappa shape index (κ2) is 4.85. The fourth-order valence-corrected chi connectivity index (χ4v) is 0.861. The van der Waals surface area contributed by atoms with Gasteiger partial charge in [-0.15, -0.1) is 13.2 Å². The van der Waals surface area contributed by atoms with Crippen LogP contribution in [0.25, 0.3) is 0 Å². The van der Waals surface area contributed by atoms with E-state index in [1.165, 1.54) is 0 Å². The van der Waals surface area contributed by atoms with E-state index in [0.29, 0.717) is 0 Å². The molecule has 0 fully saturated rings. The number of aromatic nitrogens is 1. The fraction of sp³-hybridized carbons (Fsp3) is 0.250. The fourth-order valence-electron chi connectivity index (χ4n) is 0.861. The molecule has 1 aromatic heterocycles. The van der Waals surface area contributed by atoms with Crippen molar-refractivity contribution < 1.29 is 31.8 Å². The van der Waals surface area contributed by atoms with Crippen LogP contribution < -0.4 is 10.1 Å². The van der Waals surface area contributed by atoms with Crippen molar-refractivity contribution in [2.75, 3.05) is 12.4 Å². The van der Waals surface area contributed by atoms with E-state index in [0.717, 1.165) is 19.2 Å². The van der Waals surface area contributed by atoms with Gasteiger partial charge in [0.1, 0.15) is 5.69 Å². The average molecular weight is 254 g/mol. The van der Waals surface area contributed by atoms with Crippen molar-refractivity contribution in [1.82, 2.24) is 4.98 Å². The van der Waals surface area contributed by atoms with Gasteiger partial charge in [0.25, 0.3) is 0 Å². The first-order valence-corrected chi connectivity index (χ1v) is 4.09. The Morgan fingerprint density at radius 2 is 2.06 bits per heavy atom. The number of pyridine rings is 1. The van der Waals surface area contributed by atoms with Crippen LogP contribution in [0, 0.1) is 5.95 Å². The van der Waals surface area contributed by atoms with Crippen LogP contribution in [0.1, 0.15) is 0 Å². The summed E-state index contributed by atoms with van der Waals surface area (Å²) < 4.78 is 56.1. The minimum Gasteiger partial charge on any atom is -0.453 e. The SMILES string of the molecule is COC(=O)Nc1ccc(F)nc1OC(F)(F)F. The van der Waals surface area contributed by atoms with Crippen molar-refractivity contribution in [2.45, 2.75) is 6.36 Å². The van der Waals surface area contributed by atoms with Gasteiger partial charge in [-0.2, -0.15) is 9.37 Å². The number of anilines is 1. The predicted octanol–water partition coefficient (Wildman–Crippen LogP) is 2.30.